The average Bonchev–Trinajstić information content (AvgIpc) is 2.23. The van der Waals surface area contributed by atoms with Crippen molar-refractivity contribution in [3.8, 4) is 0 Å². The van der Waals surface area contributed by atoms with E-state index in [-0.39, 0.29) is 12.1 Å². The predicted octanol–water partition coefficient (Wildman–Crippen LogP) is 1.84. The maximum Gasteiger partial charge on any atom is 0.163 e. The Labute approximate surface area is 90.2 Å². The molecule has 0 bridgehead atoms. The van der Waals surface area contributed by atoms with Crippen molar-refractivity contribution >= 4 is 0 Å². The highest BCUT2D eigenvalue weighted by atomic mass is 16.7. The molecular weight excluding hydrogens is 190 g/mol. The lowest BCUT2D eigenvalue weighted by atomic mass is 10.0. The first-order valence-electron chi connectivity index (χ1n) is 5.21. The quantitative estimate of drug-likeness (QED) is 0.764. The Balaban J connectivity index is 2.20. The van der Waals surface area contributed by atoms with Crippen molar-refractivity contribution in [2.24, 2.45) is 5.73 Å². The fourth-order valence-electron chi connectivity index (χ4n) is 1.77. The largest absolute Gasteiger partial charge is 0.349 e. The van der Waals surface area contributed by atoms with Crippen LogP contribution in [0.25, 0.3) is 0 Å². The van der Waals surface area contributed by atoms with E-state index in [1.165, 1.54) is 0 Å². The Morgan fingerprint density at radius 3 is 2.60 bits per heavy atom. The lowest BCUT2D eigenvalue weighted by Crippen LogP contribution is -2.48. The van der Waals surface area contributed by atoms with Gasteiger partial charge in [0.1, 0.15) is 6.10 Å². The third-order valence-corrected chi connectivity index (χ3v) is 2.55. The molecule has 0 saturated carbocycles. The van der Waals surface area contributed by atoms with Crippen LogP contribution in [-0.4, -0.2) is 18.4 Å². The van der Waals surface area contributed by atoms with Crippen LogP contribution >= 0.6 is 0 Å². The fraction of sp³-hybridized carbons (Fsp3) is 0.500. The highest BCUT2D eigenvalue weighted by molar-refractivity contribution is 5.19. The monoisotopic (exact) mass is 207 g/mol. The van der Waals surface area contributed by atoms with Gasteiger partial charge in [-0.05, 0) is 19.4 Å². The molecule has 82 valence electrons. The highest BCUT2D eigenvalue weighted by Gasteiger charge is 2.35. The van der Waals surface area contributed by atoms with E-state index in [1.807, 2.05) is 44.2 Å². The Morgan fingerprint density at radius 1 is 1.27 bits per heavy atom. The second-order valence-corrected chi connectivity index (χ2v) is 4.32. The SMILES string of the molecule is CC1(C)OC[C@@H](N)[C@@H](c2ccccc2)O1. The number of hydrogen-bond donors (Lipinski definition) is 1. The van der Waals surface area contributed by atoms with Crippen LogP contribution in [0.4, 0.5) is 0 Å². The van der Waals surface area contributed by atoms with Crippen LogP contribution in [0, 0.1) is 0 Å². The van der Waals surface area contributed by atoms with Gasteiger partial charge in [-0.25, -0.2) is 0 Å². The van der Waals surface area contributed by atoms with Gasteiger partial charge in [-0.1, -0.05) is 30.3 Å². The normalized spacial score (nSPS) is 30.1. The zero-order chi connectivity index (χ0) is 10.9. The molecule has 1 aromatic carbocycles. The minimum Gasteiger partial charge on any atom is -0.349 e. The predicted molar refractivity (Wildman–Crippen MR) is 58.3 cm³/mol. The molecule has 1 saturated heterocycles. The average molecular weight is 207 g/mol. The number of ether oxygens (including phenoxy) is 2. The maximum atomic E-state index is 5.98. The van der Waals surface area contributed by atoms with E-state index in [9.17, 15) is 0 Å². The Hall–Kier alpha value is -0.900. The minimum absolute atomic E-state index is 0.0741. The molecule has 1 aromatic rings. The van der Waals surface area contributed by atoms with Gasteiger partial charge in [0, 0.05) is 0 Å². The first-order valence-corrected chi connectivity index (χ1v) is 5.21. The third-order valence-electron chi connectivity index (χ3n) is 2.55. The van der Waals surface area contributed by atoms with Crippen molar-refractivity contribution in [3.63, 3.8) is 0 Å². The van der Waals surface area contributed by atoms with Crippen LogP contribution in [0.5, 0.6) is 0 Å². The maximum absolute atomic E-state index is 5.98. The number of hydrogen-bond acceptors (Lipinski definition) is 3. The Kier molecular flexibility index (Phi) is 2.78. The summed E-state index contributed by atoms with van der Waals surface area (Å²) < 4.78 is 11.3. The van der Waals surface area contributed by atoms with Crippen LogP contribution < -0.4 is 5.73 Å². The molecule has 1 aliphatic heterocycles. The van der Waals surface area contributed by atoms with Gasteiger partial charge in [0.25, 0.3) is 0 Å². The zero-order valence-electron chi connectivity index (χ0n) is 9.14. The molecule has 1 fully saturated rings. The Morgan fingerprint density at radius 2 is 1.93 bits per heavy atom. The molecule has 0 aromatic heterocycles. The second-order valence-electron chi connectivity index (χ2n) is 4.32. The summed E-state index contributed by atoms with van der Waals surface area (Å²) in [6.45, 7) is 4.36. The topological polar surface area (TPSA) is 44.5 Å². The van der Waals surface area contributed by atoms with E-state index in [1.54, 1.807) is 0 Å². The molecule has 2 rings (SSSR count). The second kappa shape index (κ2) is 3.93. The van der Waals surface area contributed by atoms with Gasteiger partial charge < -0.3 is 15.2 Å². The van der Waals surface area contributed by atoms with E-state index in [2.05, 4.69) is 0 Å². The molecule has 2 N–H and O–H groups in total. The zero-order valence-corrected chi connectivity index (χ0v) is 9.14. The lowest BCUT2D eigenvalue weighted by Gasteiger charge is -2.39. The molecule has 0 spiro atoms. The summed E-state index contributed by atoms with van der Waals surface area (Å²) in [5.41, 5.74) is 7.09. The summed E-state index contributed by atoms with van der Waals surface area (Å²) in [6.07, 6.45) is -0.0741. The lowest BCUT2D eigenvalue weighted by molar-refractivity contribution is -0.281. The highest BCUT2D eigenvalue weighted by Crippen LogP contribution is 2.31. The third kappa shape index (κ3) is 2.37. The summed E-state index contributed by atoms with van der Waals surface area (Å²) in [5.74, 6) is -0.545. The molecule has 0 amide bonds. The minimum atomic E-state index is -0.545. The molecule has 0 radical (unpaired) electrons. The molecule has 1 heterocycles. The number of benzene rings is 1. The summed E-state index contributed by atoms with van der Waals surface area (Å²) in [5, 5.41) is 0. The van der Waals surface area contributed by atoms with E-state index >= 15 is 0 Å². The molecule has 0 unspecified atom stereocenters. The standard InChI is InChI=1S/C12H17NO2/c1-12(2)14-8-10(13)11(15-12)9-6-4-3-5-7-9/h3-7,10-11H,8,13H2,1-2H3/t10-,11-/m1/s1. The Bertz CT molecular complexity index is 324. The van der Waals surface area contributed by atoms with Crippen LogP contribution in [0.15, 0.2) is 30.3 Å². The molecule has 15 heavy (non-hydrogen) atoms. The van der Waals surface area contributed by atoms with Gasteiger partial charge in [0.15, 0.2) is 5.79 Å². The van der Waals surface area contributed by atoms with Crippen molar-refractivity contribution < 1.29 is 9.47 Å². The molecule has 0 aliphatic carbocycles. The number of rotatable bonds is 1. The van der Waals surface area contributed by atoms with E-state index in [0.717, 1.165) is 5.56 Å². The molecule has 3 nitrogen and oxygen atoms in total. The number of nitrogens with two attached hydrogens (primary N) is 1. The molecule has 3 heteroatoms. The molecular formula is C12H17NO2. The summed E-state index contributed by atoms with van der Waals surface area (Å²) in [7, 11) is 0. The van der Waals surface area contributed by atoms with E-state index in [0.29, 0.717) is 6.61 Å². The summed E-state index contributed by atoms with van der Waals surface area (Å²) in [4.78, 5) is 0. The van der Waals surface area contributed by atoms with Crippen molar-refractivity contribution in [2.45, 2.75) is 31.8 Å². The van der Waals surface area contributed by atoms with Crippen LogP contribution in [0.2, 0.25) is 0 Å². The van der Waals surface area contributed by atoms with Crippen LogP contribution in [-0.2, 0) is 9.47 Å². The van der Waals surface area contributed by atoms with Gasteiger partial charge >= 0.3 is 0 Å². The van der Waals surface area contributed by atoms with Gasteiger partial charge in [-0.2, -0.15) is 0 Å². The van der Waals surface area contributed by atoms with E-state index in [4.69, 9.17) is 15.2 Å². The van der Waals surface area contributed by atoms with Crippen molar-refractivity contribution in [1.29, 1.82) is 0 Å². The fourth-order valence-corrected chi connectivity index (χ4v) is 1.77. The van der Waals surface area contributed by atoms with Gasteiger partial charge in [0.2, 0.25) is 0 Å². The smallest absolute Gasteiger partial charge is 0.163 e. The summed E-state index contributed by atoms with van der Waals surface area (Å²) >= 11 is 0. The first-order chi connectivity index (χ1) is 7.08. The van der Waals surface area contributed by atoms with Crippen molar-refractivity contribution in [3.05, 3.63) is 35.9 Å². The van der Waals surface area contributed by atoms with Crippen molar-refractivity contribution in [2.75, 3.05) is 6.61 Å². The molecule has 1 aliphatic rings. The van der Waals surface area contributed by atoms with Gasteiger partial charge in [-0.15, -0.1) is 0 Å². The first kappa shape index (κ1) is 10.6. The van der Waals surface area contributed by atoms with Crippen molar-refractivity contribution in [1.82, 2.24) is 0 Å². The van der Waals surface area contributed by atoms with Gasteiger partial charge in [0.05, 0.1) is 12.6 Å². The van der Waals surface area contributed by atoms with Gasteiger partial charge in [-0.3, -0.25) is 0 Å². The van der Waals surface area contributed by atoms with E-state index < -0.39 is 5.79 Å². The van der Waals surface area contributed by atoms with Crippen LogP contribution in [0.1, 0.15) is 25.5 Å². The molecule has 2 atom stereocenters. The van der Waals surface area contributed by atoms with Crippen LogP contribution in [0.3, 0.4) is 0 Å². The summed E-state index contributed by atoms with van der Waals surface area (Å²) in [6, 6.07) is 9.94.